The van der Waals surface area contributed by atoms with E-state index in [0.717, 1.165) is 23.3 Å². The Morgan fingerprint density at radius 2 is 1.88 bits per heavy atom. The fraction of sp³-hybridized carbons (Fsp3) is 0.158. The average Bonchev–Trinajstić information content (AvgIpc) is 2.56. The van der Waals surface area contributed by atoms with E-state index in [1.54, 1.807) is 6.08 Å². The number of hydrogen-bond donors (Lipinski definition) is 1. The van der Waals surface area contributed by atoms with Gasteiger partial charge in [0.25, 0.3) is 5.91 Å². The molecule has 130 valence electrons. The Labute approximate surface area is 144 Å². The highest BCUT2D eigenvalue weighted by atomic mass is 19.2. The first-order chi connectivity index (χ1) is 11.8. The molecule has 0 unspecified atom stereocenters. The van der Waals surface area contributed by atoms with Crippen LogP contribution in [0.2, 0.25) is 0 Å². The number of amides is 1. The SMILES string of the molecule is Cc1cccc(/C=C/C(=O)O[C@H](C)C(=O)Nc2ccc(F)c(F)c2)c1. The number of rotatable bonds is 5. The van der Waals surface area contributed by atoms with Crippen LogP contribution in [0.5, 0.6) is 0 Å². The van der Waals surface area contributed by atoms with Crippen molar-refractivity contribution >= 4 is 23.6 Å². The summed E-state index contributed by atoms with van der Waals surface area (Å²) in [6, 6.07) is 10.5. The lowest BCUT2D eigenvalue weighted by Gasteiger charge is -2.12. The molecule has 0 fully saturated rings. The van der Waals surface area contributed by atoms with E-state index in [1.165, 1.54) is 19.1 Å². The number of aryl methyl sites for hydroxylation is 1. The predicted octanol–water partition coefficient (Wildman–Crippen LogP) is 3.86. The van der Waals surface area contributed by atoms with Crippen molar-refractivity contribution in [1.82, 2.24) is 0 Å². The van der Waals surface area contributed by atoms with Gasteiger partial charge in [-0.3, -0.25) is 4.79 Å². The van der Waals surface area contributed by atoms with Crippen molar-refractivity contribution in [1.29, 1.82) is 0 Å². The summed E-state index contributed by atoms with van der Waals surface area (Å²) in [5.41, 5.74) is 1.95. The third-order valence-electron chi connectivity index (χ3n) is 3.30. The van der Waals surface area contributed by atoms with Crippen LogP contribution in [0.4, 0.5) is 14.5 Å². The van der Waals surface area contributed by atoms with Crippen LogP contribution in [0.25, 0.3) is 6.08 Å². The molecule has 0 saturated carbocycles. The van der Waals surface area contributed by atoms with Gasteiger partial charge in [-0.25, -0.2) is 13.6 Å². The molecule has 1 atom stereocenters. The summed E-state index contributed by atoms with van der Waals surface area (Å²) < 4.78 is 30.9. The van der Waals surface area contributed by atoms with Crippen molar-refractivity contribution in [2.45, 2.75) is 20.0 Å². The first-order valence-corrected chi connectivity index (χ1v) is 7.56. The number of esters is 1. The van der Waals surface area contributed by atoms with Gasteiger partial charge in [0.1, 0.15) is 0 Å². The maximum absolute atomic E-state index is 13.1. The van der Waals surface area contributed by atoms with Gasteiger partial charge in [-0.1, -0.05) is 29.8 Å². The van der Waals surface area contributed by atoms with Gasteiger partial charge in [-0.15, -0.1) is 0 Å². The number of carbonyl (C=O) groups excluding carboxylic acids is 2. The van der Waals surface area contributed by atoms with Crippen LogP contribution in [-0.4, -0.2) is 18.0 Å². The lowest BCUT2D eigenvalue weighted by Crippen LogP contribution is -2.29. The van der Waals surface area contributed by atoms with Crippen LogP contribution in [0.1, 0.15) is 18.1 Å². The maximum atomic E-state index is 13.1. The molecule has 0 bridgehead atoms. The molecule has 2 aromatic carbocycles. The van der Waals surface area contributed by atoms with E-state index < -0.39 is 29.6 Å². The minimum Gasteiger partial charge on any atom is -0.449 e. The second-order valence-electron chi connectivity index (χ2n) is 5.44. The fourth-order valence-corrected chi connectivity index (χ4v) is 2.02. The molecule has 6 heteroatoms. The molecule has 0 heterocycles. The molecule has 1 amide bonds. The zero-order chi connectivity index (χ0) is 18.4. The predicted molar refractivity (Wildman–Crippen MR) is 90.8 cm³/mol. The summed E-state index contributed by atoms with van der Waals surface area (Å²) in [4.78, 5) is 23.7. The van der Waals surface area contributed by atoms with E-state index in [-0.39, 0.29) is 5.69 Å². The van der Waals surface area contributed by atoms with Gasteiger partial charge in [0.05, 0.1) is 0 Å². The molecule has 2 aromatic rings. The minimum absolute atomic E-state index is 0.0714. The zero-order valence-corrected chi connectivity index (χ0v) is 13.8. The summed E-state index contributed by atoms with van der Waals surface area (Å²) in [7, 11) is 0. The first kappa shape index (κ1) is 18.3. The van der Waals surface area contributed by atoms with Gasteiger partial charge < -0.3 is 10.1 Å². The van der Waals surface area contributed by atoms with E-state index in [1.807, 2.05) is 31.2 Å². The Hall–Kier alpha value is -3.02. The molecule has 2 rings (SSSR count). The quantitative estimate of drug-likeness (QED) is 0.661. The monoisotopic (exact) mass is 345 g/mol. The Kier molecular flexibility index (Phi) is 6.00. The Balaban J connectivity index is 1.91. The number of ether oxygens (including phenoxy) is 1. The number of halogens is 2. The summed E-state index contributed by atoms with van der Waals surface area (Å²) >= 11 is 0. The van der Waals surface area contributed by atoms with Crippen LogP contribution < -0.4 is 5.32 Å². The topological polar surface area (TPSA) is 55.4 Å². The van der Waals surface area contributed by atoms with Crippen LogP contribution >= 0.6 is 0 Å². The third-order valence-corrected chi connectivity index (χ3v) is 3.30. The van der Waals surface area contributed by atoms with E-state index >= 15 is 0 Å². The molecule has 4 nitrogen and oxygen atoms in total. The molecule has 0 saturated heterocycles. The highest BCUT2D eigenvalue weighted by Gasteiger charge is 2.17. The van der Waals surface area contributed by atoms with Crippen LogP contribution in [-0.2, 0) is 14.3 Å². The summed E-state index contributed by atoms with van der Waals surface area (Å²) in [5, 5.41) is 2.35. The van der Waals surface area contributed by atoms with Crippen molar-refractivity contribution < 1.29 is 23.1 Å². The van der Waals surface area contributed by atoms with Gasteiger partial charge in [-0.05, 0) is 37.6 Å². The number of hydrogen-bond acceptors (Lipinski definition) is 3. The van der Waals surface area contributed by atoms with Gasteiger partial charge in [0.15, 0.2) is 17.7 Å². The Morgan fingerprint density at radius 3 is 2.56 bits per heavy atom. The number of anilines is 1. The fourth-order valence-electron chi connectivity index (χ4n) is 2.02. The van der Waals surface area contributed by atoms with Crippen molar-refractivity contribution in [3.8, 4) is 0 Å². The van der Waals surface area contributed by atoms with Crippen LogP contribution in [0.3, 0.4) is 0 Å². The third kappa shape index (κ3) is 5.53. The Morgan fingerprint density at radius 1 is 1.12 bits per heavy atom. The van der Waals surface area contributed by atoms with Crippen LogP contribution in [0, 0.1) is 18.6 Å². The molecular weight excluding hydrogens is 328 g/mol. The largest absolute Gasteiger partial charge is 0.449 e. The molecule has 1 N–H and O–H groups in total. The summed E-state index contributed by atoms with van der Waals surface area (Å²) in [6.07, 6.45) is 1.70. The molecule has 0 aliphatic carbocycles. The maximum Gasteiger partial charge on any atom is 0.331 e. The van der Waals surface area contributed by atoms with Crippen LogP contribution in [0.15, 0.2) is 48.5 Å². The Bertz CT molecular complexity index is 818. The van der Waals surface area contributed by atoms with E-state index in [9.17, 15) is 18.4 Å². The minimum atomic E-state index is -1.09. The standard InChI is InChI=1S/C19H17F2NO3/c1-12-4-3-5-14(10-12)6-9-18(23)25-13(2)19(24)22-15-7-8-16(20)17(21)11-15/h3-11,13H,1-2H3,(H,22,24)/b9-6+/t13-/m1/s1. The van der Waals surface area contributed by atoms with Gasteiger partial charge in [0.2, 0.25) is 0 Å². The van der Waals surface area contributed by atoms with Crippen molar-refractivity contribution in [3.63, 3.8) is 0 Å². The van der Waals surface area contributed by atoms with E-state index in [2.05, 4.69) is 5.32 Å². The molecule has 0 radical (unpaired) electrons. The number of benzene rings is 2. The van der Waals surface area contributed by atoms with Crippen molar-refractivity contribution in [2.24, 2.45) is 0 Å². The molecule has 0 aliphatic heterocycles. The molecule has 0 spiro atoms. The van der Waals surface area contributed by atoms with E-state index in [4.69, 9.17) is 4.74 Å². The second kappa shape index (κ2) is 8.19. The normalized spacial score (nSPS) is 12.0. The smallest absolute Gasteiger partial charge is 0.331 e. The lowest BCUT2D eigenvalue weighted by atomic mass is 10.1. The average molecular weight is 345 g/mol. The van der Waals surface area contributed by atoms with E-state index in [0.29, 0.717) is 0 Å². The molecule has 0 aliphatic rings. The molecule has 25 heavy (non-hydrogen) atoms. The number of nitrogens with one attached hydrogen (secondary N) is 1. The highest BCUT2D eigenvalue weighted by molar-refractivity contribution is 5.96. The van der Waals surface area contributed by atoms with Crippen molar-refractivity contribution in [3.05, 3.63) is 71.3 Å². The lowest BCUT2D eigenvalue weighted by molar-refractivity contribution is -0.148. The first-order valence-electron chi connectivity index (χ1n) is 7.56. The van der Waals surface area contributed by atoms with Gasteiger partial charge >= 0.3 is 5.97 Å². The highest BCUT2D eigenvalue weighted by Crippen LogP contribution is 2.14. The molecule has 0 aromatic heterocycles. The molecular formula is C19H17F2NO3. The van der Waals surface area contributed by atoms with Gasteiger partial charge in [-0.2, -0.15) is 0 Å². The second-order valence-corrected chi connectivity index (χ2v) is 5.44. The number of carbonyl (C=O) groups is 2. The van der Waals surface area contributed by atoms with Crippen molar-refractivity contribution in [2.75, 3.05) is 5.32 Å². The van der Waals surface area contributed by atoms with Gasteiger partial charge in [0, 0.05) is 17.8 Å². The summed E-state index contributed by atoms with van der Waals surface area (Å²) in [6.45, 7) is 3.31. The zero-order valence-electron chi connectivity index (χ0n) is 13.8. The summed E-state index contributed by atoms with van der Waals surface area (Å²) in [5.74, 6) is -3.43.